The molecule has 5 heteroatoms. The summed E-state index contributed by atoms with van der Waals surface area (Å²) in [4.78, 5) is 16.2. The first-order valence-corrected chi connectivity index (χ1v) is 9.51. The molecule has 1 N–H and O–H groups in total. The van der Waals surface area contributed by atoms with E-state index < -0.39 is 5.60 Å². The molecule has 0 radical (unpaired) electrons. The van der Waals surface area contributed by atoms with Crippen LogP contribution < -0.4 is 10.1 Å². The first-order chi connectivity index (χ1) is 12.9. The van der Waals surface area contributed by atoms with Crippen LogP contribution in [0.5, 0.6) is 5.75 Å². The number of carbonyl (C=O) groups is 1. The fraction of sp³-hybridized carbons (Fsp3) is 0.455. The second-order valence-corrected chi connectivity index (χ2v) is 7.95. The van der Waals surface area contributed by atoms with E-state index in [2.05, 4.69) is 16.4 Å². The monoisotopic (exact) mass is 368 g/mol. The molecule has 0 aliphatic carbocycles. The molecule has 1 aliphatic heterocycles. The first-order valence-electron chi connectivity index (χ1n) is 9.51. The van der Waals surface area contributed by atoms with Crippen molar-refractivity contribution in [1.82, 2.24) is 10.3 Å². The Morgan fingerprint density at radius 3 is 2.74 bits per heavy atom. The maximum atomic E-state index is 11.9. The zero-order valence-electron chi connectivity index (χ0n) is 16.3. The summed E-state index contributed by atoms with van der Waals surface area (Å²) >= 11 is 0. The fourth-order valence-corrected chi connectivity index (χ4v) is 2.89. The number of carbonyl (C=O) groups excluding carboxylic acids is 1. The van der Waals surface area contributed by atoms with Crippen molar-refractivity contribution in [3.05, 3.63) is 48.3 Å². The molecule has 1 saturated heterocycles. The number of aromatic nitrogens is 1. The van der Waals surface area contributed by atoms with Gasteiger partial charge in [-0.05, 0) is 57.4 Å². The van der Waals surface area contributed by atoms with Gasteiger partial charge in [0.25, 0.3) is 0 Å². The third-order valence-corrected chi connectivity index (χ3v) is 4.39. The van der Waals surface area contributed by atoms with Gasteiger partial charge in [-0.2, -0.15) is 0 Å². The van der Waals surface area contributed by atoms with Crippen LogP contribution >= 0.6 is 0 Å². The molecule has 1 atom stereocenters. The zero-order valence-corrected chi connectivity index (χ0v) is 16.3. The number of aryl methyl sites for hydroxylation is 1. The summed E-state index contributed by atoms with van der Waals surface area (Å²) in [5.41, 5.74) is 2.73. The molecular formula is C22H28N2O3. The van der Waals surface area contributed by atoms with Crippen molar-refractivity contribution in [3.8, 4) is 16.9 Å². The van der Waals surface area contributed by atoms with E-state index in [0.717, 1.165) is 35.4 Å². The van der Waals surface area contributed by atoms with Crippen molar-refractivity contribution in [1.29, 1.82) is 0 Å². The molecule has 1 aliphatic rings. The highest BCUT2D eigenvalue weighted by atomic mass is 16.6. The topological polar surface area (TPSA) is 60.5 Å². The quantitative estimate of drug-likeness (QED) is 0.754. The minimum Gasteiger partial charge on any atom is -0.490 e. The number of hydrogen-bond acceptors (Lipinski definition) is 5. The number of esters is 1. The highest BCUT2D eigenvalue weighted by molar-refractivity contribution is 5.70. The predicted octanol–water partition coefficient (Wildman–Crippen LogP) is 3.76. The van der Waals surface area contributed by atoms with Crippen LogP contribution in [-0.2, 0) is 16.0 Å². The Morgan fingerprint density at radius 2 is 2.04 bits per heavy atom. The normalized spacial score (nSPS) is 16.5. The maximum absolute atomic E-state index is 11.9. The van der Waals surface area contributed by atoms with E-state index in [-0.39, 0.29) is 5.97 Å². The number of ether oxygens (including phenoxy) is 2. The molecule has 3 rings (SSSR count). The van der Waals surface area contributed by atoms with Crippen molar-refractivity contribution >= 4 is 5.97 Å². The number of rotatable bonds is 7. The summed E-state index contributed by atoms with van der Waals surface area (Å²) < 4.78 is 11.2. The molecule has 1 aromatic heterocycles. The van der Waals surface area contributed by atoms with Crippen LogP contribution in [0.2, 0.25) is 0 Å². The second kappa shape index (κ2) is 8.53. The van der Waals surface area contributed by atoms with Gasteiger partial charge in [0.15, 0.2) is 0 Å². The van der Waals surface area contributed by atoms with Crippen molar-refractivity contribution < 1.29 is 14.3 Å². The number of hydrogen-bond donors (Lipinski definition) is 1. The first kappa shape index (κ1) is 19.4. The average Bonchev–Trinajstić information content (AvgIpc) is 2.58. The Labute approximate surface area is 161 Å². The lowest BCUT2D eigenvalue weighted by Gasteiger charge is -2.27. The van der Waals surface area contributed by atoms with Crippen molar-refractivity contribution in [2.24, 2.45) is 0 Å². The predicted molar refractivity (Wildman–Crippen MR) is 106 cm³/mol. The lowest BCUT2D eigenvalue weighted by atomic mass is 10.0. The summed E-state index contributed by atoms with van der Waals surface area (Å²) in [7, 11) is 0. The number of benzene rings is 1. The molecule has 2 heterocycles. The Morgan fingerprint density at radius 1 is 1.22 bits per heavy atom. The summed E-state index contributed by atoms with van der Waals surface area (Å²) in [6, 6.07) is 10.6. The van der Waals surface area contributed by atoms with E-state index in [1.165, 1.54) is 0 Å². The SMILES string of the molecule is CC(C)(C)OC(=O)CCc1cccc(-c2cncc(OC[C@@H]3CCN3)c2)c1. The molecule has 1 aromatic carbocycles. The lowest BCUT2D eigenvalue weighted by Crippen LogP contribution is -2.46. The molecule has 0 amide bonds. The summed E-state index contributed by atoms with van der Waals surface area (Å²) in [6.45, 7) is 7.39. The molecule has 1 fully saturated rings. The van der Waals surface area contributed by atoms with Gasteiger partial charge in [-0.1, -0.05) is 24.3 Å². The van der Waals surface area contributed by atoms with Crippen LogP contribution in [0.3, 0.4) is 0 Å². The van der Waals surface area contributed by atoms with Gasteiger partial charge in [-0.3, -0.25) is 9.78 Å². The van der Waals surface area contributed by atoms with Gasteiger partial charge in [-0.25, -0.2) is 0 Å². The Kier molecular flexibility index (Phi) is 6.11. The smallest absolute Gasteiger partial charge is 0.306 e. The molecule has 0 unspecified atom stereocenters. The maximum Gasteiger partial charge on any atom is 0.306 e. The Balaban J connectivity index is 1.61. The molecule has 2 aromatic rings. The van der Waals surface area contributed by atoms with E-state index in [1.807, 2.05) is 51.2 Å². The molecule has 0 saturated carbocycles. The molecule has 27 heavy (non-hydrogen) atoms. The van der Waals surface area contributed by atoms with Gasteiger partial charge in [0.05, 0.1) is 6.20 Å². The van der Waals surface area contributed by atoms with E-state index in [9.17, 15) is 4.79 Å². The number of nitrogens with zero attached hydrogens (tertiary/aromatic N) is 1. The molecule has 5 nitrogen and oxygen atoms in total. The van der Waals surface area contributed by atoms with Gasteiger partial charge in [0, 0.05) is 24.2 Å². The van der Waals surface area contributed by atoms with Crippen LogP contribution in [0.1, 0.15) is 39.2 Å². The van der Waals surface area contributed by atoms with Gasteiger partial charge in [0.1, 0.15) is 18.0 Å². The second-order valence-electron chi connectivity index (χ2n) is 7.95. The summed E-state index contributed by atoms with van der Waals surface area (Å²) in [5, 5.41) is 3.32. The van der Waals surface area contributed by atoms with Crippen molar-refractivity contribution in [3.63, 3.8) is 0 Å². The molecule has 0 bridgehead atoms. The van der Waals surface area contributed by atoms with E-state index in [0.29, 0.717) is 25.5 Å². The van der Waals surface area contributed by atoms with E-state index in [4.69, 9.17) is 9.47 Å². The summed E-state index contributed by atoms with van der Waals surface area (Å²) in [5.74, 6) is 0.606. The van der Waals surface area contributed by atoms with Crippen molar-refractivity contribution in [2.45, 2.75) is 51.7 Å². The molecule has 0 spiro atoms. The Bertz CT molecular complexity index is 779. The van der Waals surface area contributed by atoms with Gasteiger partial charge in [-0.15, -0.1) is 0 Å². The molecule has 144 valence electrons. The molecular weight excluding hydrogens is 340 g/mol. The standard InChI is InChI=1S/C22H28N2O3/c1-22(2,3)27-21(25)8-7-16-5-4-6-17(11-16)18-12-20(14-23-13-18)26-15-19-9-10-24-19/h4-6,11-14,19,24H,7-10,15H2,1-3H3/t19-/m0/s1. The van der Waals surface area contributed by atoms with E-state index >= 15 is 0 Å². The minimum atomic E-state index is -0.444. The van der Waals surface area contributed by atoms with Crippen LogP contribution in [0.25, 0.3) is 11.1 Å². The van der Waals surface area contributed by atoms with Gasteiger partial charge < -0.3 is 14.8 Å². The highest BCUT2D eigenvalue weighted by Gasteiger charge is 2.17. The van der Waals surface area contributed by atoms with Crippen LogP contribution in [-0.4, -0.2) is 35.7 Å². The van der Waals surface area contributed by atoms with Gasteiger partial charge >= 0.3 is 5.97 Å². The van der Waals surface area contributed by atoms with Gasteiger partial charge in [0.2, 0.25) is 0 Å². The summed E-state index contributed by atoms with van der Waals surface area (Å²) in [6.07, 6.45) is 5.76. The highest BCUT2D eigenvalue weighted by Crippen LogP contribution is 2.24. The van der Waals surface area contributed by atoms with Crippen molar-refractivity contribution in [2.75, 3.05) is 13.2 Å². The van der Waals surface area contributed by atoms with Crippen LogP contribution in [0.15, 0.2) is 42.7 Å². The Hall–Kier alpha value is -2.40. The van der Waals surface area contributed by atoms with Crippen LogP contribution in [0, 0.1) is 0 Å². The largest absolute Gasteiger partial charge is 0.490 e. The number of nitrogens with one attached hydrogen (secondary N) is 1. The number of pyridine rings is 1. The third-order valence-electron chi connectivity index (χ3n) is 4.39. The van der Waals surface area contributed by atoms with Crippen LogP contribution in [0.4, 0.5) is 0 Å². The fourth-order valence-electron chi connectivity index (χ4n) is 2.89. The third kappa shape index (κ3) is 6.07. The average molecular weight is 368 g/mol. The minimum absolute atomic E-state index is 0.172. The van der Waals surface area contributed by atoms with E-state index in [1.54, 1.807) is 6.20 Å². The lowest BCUT2D eigenvalue weighted by molar-refractivity contribution is -0.154. The zero-order chi connectivity index (χ0) is 19.3.